The Hall–Kier alpha value is -1.66. The van der Waals surface area contributed by atoms with Crippen LogP contribution in [-0.4, -0.2) is 26.2 Å². The molecule has 0 amide bonds. The van der Waals surface area contributed by atoms with Crippen LogP contribution < -0.4 is 5.32 Å². The molecule has 0 aliphatic heterocycles. The Labute approximate surface area is 119 Å². The largest absolute Gasteiger partial charge is 0.439 e. The zero-order chi connectivity index (χ0) is 14.8. The summed E-state index contributed by atoms with van der Waals surface area (Å²) in [6.07, 6.45) is 2.80. The molecule has 0 radical (unpaired) electrons. The molecule has 1 heterocycles. The number of benzene rings is 1. The van der Waals surface area contributed by atoms with Crippen molar-refractivity contribution in [3.05, 3.63) is 36.4 Å². The third kappa shape index (κ3) is 3.26. The number of aromatic nitrogens is 1. The van der Waals surface area contributed by atoms with E-state index in [4.69, 9.17) is 4.42 Å². The number of hydrogen-bond acceptors (Lipinski definition) is 5. The summed E-state index contributed by atoms with van der Waals surface area (Å²) in [6, 6.07) is 6.68. The minimum atomic E-state index is -3.23. The molecule has 0 saturated carbocycles. The highest BCUT2D eigenvalue weighted by molar-refractivity contribution is 7.90. The molecule has 5 nitrogen and oxygen atoms in total. The van der Waals surface area contributed by atoms with Crippen LogP contribution in [0.4, 0.5) is 0 Å². The van der Waals surface area contributed by atoms with Crippen molar-refractivity contribution >= 4 is 9.84 Å². The third-order valence-corrected chi connectivity index (χ3v) is 4.06. The van der Waals surface area contributed by atoms with Gasteiger partial charge in [-0.05, 0) is 25.6 Å². The van der Waals surface area contributed by atoms with Crippen molar-refractivity contribution in [1.29, 1.82) is 0 Å². The van der Waals surface area contributed by atoms with E-state index in [0.717, 1.165) is 6.54 Å². The van der Waals surface area contributed by atoms with Gasteiger partial charge in [0.25, 0.3) is 0 Å². The molecule has 0 aliphatic carbocycles. The smallest absolute Gasteiger partial charge is 0.211 e. The lowest BCUT2D eigenvalue weighted by Gasteiger charge is -2.07. The van der Waals surface area contributed by atoms with Gasteiger partial charge < -0.3 is 9.73 Å². The predicted octanol–water partition coefficient (Wildman–Crippen LogP) is 2.42. The fourth-order valence-electron chi connectivity index (χ4n) is 1.89. The molecule has 0 saturated heterocycles. The number of sulfone groups is 1. The molecule has 0 bridgehead atoms. The topological polar surface area (TPSA) is 72.2 Å². The number of oxazole rings is 1. The second kappa shape index (κ2) is 5.76. The molecule has 0 spiro atoms. The molecule has 20 heavy (non-hydrogen) atoms. The van der Waals surface area contributed by atoms with E-state index in [1.54, 1.807) is 30.5 Å². The van der Waals surface area contributed by atoms with E-state index in [-0.39, 0.29) is 10.9 Å². The van der Waals surface area contributed by atoms with Crippen LogP contribution in [0.25, 0.3) is 11.3 Å². The second-order valence-corrected chi connectivity index (χ2v) is 6.66. The van der Waals surface area contributed by atoms with Gasteiger partial charge in [0.2, 0.25) is 5.89 Å². The molecule has 108 valence electrons. The SMILES string of the molecule is CCNC(C)c1ncc(-c2cccc(S(C)(=O)=O)c2)o1. The highest BCUT2D eigenvalue weighted by Gasteiger charge is 2.14. The van der Waals surface area contributed by atoms with Crippen molar-refractivity contribution in [2.24, 2.45) is 0 Å². The van der Waals surface area contributed by atoms with Crippen molar-refractivity contribution in [3.63, 3.8) is 0 Å². The Kier molecular flexibility index (Phi) is 4.25. The van der Waals surface area contributed by atoms with Gasteiger partial charge in [0.05, 0.1) is 17.1 Å². The highest BCUT2D eigenvalue weighted by atomic mass is 32.2. The van der Waals surface area contributed by atoms with Gasteiger partial charge in [0.1, 0.15) is 0 Å². The summed E-state index contributed by atoms with van der Waals surface area (Å²) in [4.78, 5) is 4.50. The van der Waals surface area contributed by atoms with Crippen molar-refractivity contribution in [1.82, 2.24) is 10.3 Å². The lowest BCUT2D eigenvalue weighted by molar-refractivity contribution is 0.429. The quantitative estimate of drug-likeness (QED) is 0.917. The van der Waals surface area contributed by atoms with Crippen LogP contribution in [-0.2, 0) is 9.84 Å². The fraction of sp³-hybridized carbons (Fsp3) is 0.357. The molecular formula is C14H18N2O3S. The minimum Gasteiger partial charge on any atom is -0.439 e. The summed E-state index contributed by atoms with van der Waals surface area (Å²) in [5.41, 5.74) is 0.704. The van der Waals surface area contributed by atoms with Crippen LogP contribution in [0.15, 0.2) is 39.8 Å². The van der Waals surface area contributed by atoms with Crippen LogP contribution >= 0.6 is 0 Å². The average Bonchev–Trinajstić information content (AvgIpc) is 2.88. The van der Waals surface area contributed by atoms with Crippen LogP contribution in [0.2, 0.25) is 0 Å². The van der Waals surface area contributed by atoms with Gasteiger partial charge in [-0.15, -0.1) is 0 Å². The molecule has 6 heteroatoms. The Morgan fingerprint density at radius 3 is 2.80 bits per heavy atom. The molecule has 2 rings (SSSR count). The maximum atomic E-state index is 11.6. The average molecular weight is 294 g/mol. The van der Waals surface area contributed by atoms with Crippen LogP contribution in [0, 0.1) is 0 Å². The standard InChI is InChI=1S/C14H18N2O3S/c1-4-15-10(2)14-16-9-13(19-14)11-6-5-7-12(8-11)20(3,17)18/h5-10,15H,4H2,1-3H3. The first-order valence-corrected chi connectivity index (χ1v) is 8.30. The van der Waals surface area contributed by atoms with E-state index in [2.05, 4.69) is 10.3 Å². The zero-order valence-corrected chi connectivity index (χ0v) is 12.6. The Bertz CT molecular complexity index is 692. The van der Waals surface area contributed by atoms with E-state index >= 15 is 0 Å². The molecule has 1 N–H and O–H groups in total. The molecule has 1 aromatic heterocycles. The van der Waals surface area contributed by atoms with Crippen LogP contribution in [0.3, 0.4) is 0 Å². The molecule has 2 aromatic rings. The normalized spacial score (nSPS) is 13.3. The number of rotatable bonds is 5. The summed E-state index contributed by atoms with van der Waals surface area (Å²) >= 11 is 0. The summed E-state index contributed by atoms with van der Waals surface area (Å²) in [5, 5.41) is 3.21. The van der Waals surface area contributed by atoms with E-state index in [9.17, 15) is 8.42 Å². The first-order valence-electron chi connectivity index (χ1n) is 6.41. The number of nitrogens with one attached hydrogen (secondary N) is 1. The molecular weight excluding hydrogens is 276 g/mol. The number of hydrogen-bond donors (Lipinski definition) is 1. The molecule has 1 unspecified atom stereocenters. The summed E-state index contributed by atoms with van der Waals surface area (Å²) in [7, 11) is -3.23. The van der Waals surface area contributed by atoms with Crippen molar-refractivity contribution in [2.45, 2.75) is 24.8 Å². The van der Waals surface area contributed by atoms with E-state index < -0.39 is 9.84 Å². The minimum absolute atomic E-state index is 0.0202. The maximum absolute atomic E-state index is 11.6. The zero-order valence-electron chi connectivity index (χ0n) is 11.8. The molecule has 1 atom stereocenters. The lowest BCUT2D eigenvalue weighted by Crippen LogP contribution is -2.17. The van der Waals surface area contributed by atoms with E-state index in [0.29, 0.717) is 17.2 Å². The van der Waals surface area contributed by atoms with Gasteiger partial charge in [-0.2, -0.15) is 0 Å². The van der Waals surface area contributed by atoms with Crippen molar-refractivity contribution in [3.8, 4) is 11.3 Å². The Morgan fingerprint density at radius 2 is 2.15 bits per heavy atom. The molecule has 0 fully saturated rings. The lowest BCUT2D eigenvalue weighted by atomic mass is 10.2. The fourth-order valence-corrected chi connectivity index (χ4v) is 2.56. The van der Waals surface area contributed by atoms with Gasteiger partial charge in [-0.25, -0.2) is 13.4 Å². The summed E-state index contributed by atoms with van der Waals surface area (Å²) in [6.45, 7) is 4.80. The van der Waals surface area contributed by atoms with Crippen molar-refractivity contribution in [2.75, 3.05) is 12.8 Å². The van der Waals surface area contributed by atoms with Gasteiger partial charge >= 0.3 is 0 Å². The molecule has 1 aromatic carbocycles. The predicted molar refractivity (Wildman–Crippen MR) is 77.1 cm³/mol. The van der Waals surface area contributed by atoms with E-state index in [1.807, 2.05) is 13.8 Å². The third-order valence-electron chi connectivity index (χ3n) is 2.95. The van der Waals surface area contributed by atoms with E-state index in [1.165, 1.54) is 6.26 Å². The maximum Gasteiger partial charge on any atom is 0.211 e. The first-order chi connectivity index (χ1) is 9.41. The first kappa shape index (κ1) is 14.7. The van der Waals surface area contributed by atoms with Crippen molar-refractivity contribution < 1.29 is 12.8 Å². The summed E-state index contributed by atoms with van der Waals surface area (Å²) in [5.74, 6) is 1.15. The monoisotopic (exact) mass is 294 g/mol. The molecule has 0 aliphatic rings. The Morgan fingerprint density at radius 1 is 1.40 bits per heavy atom. The van der Waals surface area contributed by atoms with Gasteiger partial charge in [-0.3, -0.25) is 0 Å². The Balaban J connectivity index is 2.33. The van der Waals surface area contributed by atoms with Gasteiger partial charge in [0.15, 0.2) is 15.6 Å². The van der Waals surface area contributed by atoms with Gasteiger partial charge in [0, 0.05) is 11.8 Å². The summed E-state index contributed by atoms with van der Waals surface area (Å²) < 4.78 is 28.8. The highest BCUT2D eigenvalue weighted by Crippen LogP contribution is 2.25. The van der Waals surface area contributed by atoms with Gasteiger partial charge in [-0.1, -0.05) is 19.1 Å². The second-order valence-electron chi connectivity index (χ2n) is 4.64. The van der Waals surface area contributed by atoms with Crippen LogP contribution in [0.1, 0.15) is 25.8 Å². The number of nitrogens with zero attached hydrogens (tertiary/aromatic N) is 1. The van der Waals surface area contributed by atoms with Crippen LogP contribution in [0.5, 0.6) is 0 Å².